The Labute approximate surface area is 123 Å². The Bertz CT molecular complexity index is 667. The first-order chi connectivity index (χ1) is 10.2. The molecule has 3 N–H and O–H groups in total. The summed E-state index contributed by atoms with van der Waals surface area (Å²) in [7, 11) is 0. The number of nitrogens with zero attached hydrogens (tertiary/aromatic N) is 3. The smallest absolute Gasteiger partial charge is 0.226 e. The Morgan fingerprint density at radius 2 is 2.33 bits per heavy atom. The maximum Gasteiger partial charge on any atom is 0.226 e. The van der Waals surface area contributed by atoms with Crippen molar-refractivity contribution in [2.75, 3.05) is 11.9 Å². The summed E-state index contributed by atoms with van der Waals surface area (Å²) in [5.41, 5.74) is 8.03. The minimum absolute atomic E-state index is 0.0642. The summed E-state index contributed by atoms with van der Waals surface area (Å²) in [5, 5.41) is 6.80. The van der Waals surface area contributed by atoms with E-state index in [1.54, 1.807) is 11.0 Å². The first-order valence-corrected chi connectivity index (χ1v) is 6.61. The number of nitrogens with one attached hydrogen (secondary N) is 1. The van der Waals surface area contributed by atoms with Gasteiger partial charge >= 0.3 is 0 Å². The van der Waals surface area contributed by atoms with E-state index in [2.05, 4.69) is 27.2 Å². The third-order valence-electron chi connectivity index (χ3n) is 2.87. The molecule has 0 aliphatic carbocycles. The number of rotatable bonds is 4. The molecule has 0 bridgehead atoms. The molecule has 2 aromatic rings. The van der Waals surface area contributed by atoms with Crippen LogP contribution in [0.4, 0.5) is 5.69 Å². The van der Waals surface area contributed by atoms with Crippen molar-refractivity contribution >= 4 is 11.6 Å². The first-order valence-electron chi connectivity index (χ1n) is 6.61. The number of aryl methyl sites for hydroxylation is 2. The van der Waals surface area contributed by atoms with Crippen molar-refractivity contribution in [3.05, 3.63) is 42.0 Å². The van der Waals surface area contributed by atoms with Gasteiger partial charge in [-0.15, -0.1) is 0 Å². The second-order valence-corrected chi connectivity index (χ2v) is 4.49. The van der Waals surface area contributed by atoms with Gasteiger partial charge in [-0.1, -0.05) is 11.8 Å². The van der Waals surface area contributed by atoms with Crippen LogP contribution in [0.5, 0.6) is 0 Å². The molecule has 0 aliphatic heterocycles. The lowest BCUT2D eigenvalue weighted by molar-refractivity contribution is -0.116. The Morgan fingerprint density at radius 1 is 1.48 bits per heavy atom. The molecule has 0 radical (unpaired) electrons. The summed E-state index contributed by atoms with van der Waals surface area (Å²) in [6.45, 7) is 2.79. The van der Waals surface area contributed by atoms with E-state index in [1.807, 2.05) is 25.1 Å². The average molecular weight is 283 g/mol. The maximum atomic E-state index is 11.9. The Balaban J connectivity index is 1.93. The van der Waals surface area contributed by atoms with Crippen LogP contribution in [-0.2, 0) is 11.3 Å². The van der Waals surface area contributed by atoms with Crippen molar-refractivity contribution < 1.29 is 4.79 Å². The highest BCUT2D eigenvalue weighted by Gasteiger charge is 2.04. The van der Waals surface area contributed by atoms with Crippen LogP contribution < -0.4 is 11.1 Å². The van der Waals surface area contributed by atoms with Crippen LogP contribution >= 0.6 is 0 Å². The molecule has 0 saturated heterocycles. The number of anilines is 1. The molecular formula is C15H17N5O. The summed E-state index contributed by atoms with van der Waals surface area (Å²) >= 11 is 0. The molecule has 0 saturated carbocycles. The van der Waals surface area contributed by atoms with Crippen molar-refractivity contribution in [1.82, 2.24) is 14.8 Å². The molecule has 6 heteroatoms. The summed E-state index contributed by atoms with van der Waals surface area (Å²) < 4.78 is 1.62. The lowest BCUT2D eigenvalue weighted by Gasteiger charge is -2.07. The normalized spacial score (nSPS) is 9.81. The lowest BCUT2D eigenvalue weighted by atomic mass is 10.1. The van der Waals surface area contributed by atoms with Gasteiger partial charge < -0.3 is 11.1 Å². The molecule has 0 spiro atoms. The Kier molecular flexibility index (Phi) is 5.07. The van der Waals surface area contributed by atoms with Gasteiger partial charge in [0, 0.05) is 17.7 Å². The molecule has 21 heavy (non-hydrogen) atoms. The van der Waals surface area contributed by atoms with Crippen LogP contribution in [0.1, 0.15) is 17.5 Å². The molecule has 1 amide bonds. The number of nitrogens with two attached hydrogens (primary N) is 1. The number of hydrogen-bond donors (Lipinski definition) is 2. The van der Waals surface area contributed by atoms with Crippen LogP contribution in [0.15, 0.2) is 30.9 Å². The average Bonchev–Trinajstić information content (AvgIpc) is 2.98. The number of aromatic nitrogens is 3. The zero-order valence-corrected chi connectivity index (χ0v) is 11.8. The van der Waals surface area contributed by atoms with Crippen molar-refractivity contribution in [3.8, 4) is 11.8 Å². The predicted molar refractivity (Wildman–Crippen MR) is 80.4 cm³/mol. The quantitative estimate of drug-likeness (QED) is 0.817. The van der Waals surface area contributed by atoms with Crippen molar-refractivity contribution in [3.63, 3.8) is 0 Å². The third kappa shape index (κ3) is 4.44. The predicted octanol–water partition coefficient (Wildman–Crippen LogP) is 0.926. The third-order valence-corrected chi connectivity index (χ3v) is 2.87. The molecule has 1 aromatic heterocycles. The van der Waals surface area contributed by atoms with E-state index >= 15 is 0 Å². The van der Waals surface area contributed by atoms with Crippen molar-refractivity contribution in [2.24, 2.45) is 5.73 Å². The van der Waals surface area contributed by atoms with Crippen molar-refractivity contribution in [2.45, 2.75) is 19.9 Å². The van der Waals surface area contributed by atoms with E-state index in [0.29, 0.717) is 19.5 Å². The minimum Gasteiger partial charge on any atom is -0.326 e. The van der Waals surface area contributed by atoms with Crippen LogP contribution in [0, 0.1) is 18.8 Å². The molecule has 108 valence electrons. The molecule has 6 nitrogen and oxygen atoms in total. The zero-order valence-electron chi connectivity index (χ0n) is 11.8. The number of carbonyl (C=O) groups excluding carboxylic acids is 1. The van der Waals surface area contributed by atoms with E-state index in [9.17, 15) is 4.79 Å². The van der Waals surface area contributed by atoms with E-state index in [1.165, 1.54) is 6.33 Å². The van der Waals surface area contributed by atoms with Crippen LogP contribution in [0.25, 0.3) is 0 Å². The zero-order chi connectivity index (χ0) is 15.1. The van der Waals surface area contributed by atoms with E-state index < -0.39 is 0 Å². The lowest BCUT2D eigenvalue weighted by Crippen LogP contribution is -2.14. The molecule has 1 heterocycles. The number of amides is 1. The van der Waals surface area contributed by atoms with Gasteiger partial charge in [0.05, 0.1) is 13.1 Å². The molecule has 0 unspecified atom stereocenters. The van der Waals surface area contributed by atoms with Crippen LogP contribution in [0.3, 0.4) is 0 Å². The van der Waals surface area contributed by atoms with Crippen LogP contribution in [-0.4, -0.2) is 27.2 Å². The summed E-state index contributed by atoms with van der Waals surface area (Å²) in [6, 6.07) is 5.61. The number of hydrogen-bond acceptors (Lipinski definition) is 4. The highest BCUT2D eigenvalue weighted by Crippen LogP contribution is 2.14. The Hall–Kier alpha value is -2.65. The van der Waals surface area contributed by atoms with Gasteiger partial charge in [-0.2, -0.15) is 5.10 Å². The minimum atomic E-state index is -0.0642. The fourth-order valence-electron chi connectivity index (χ4n) is 1.82. The van der Waals surface area contributed by atoms with Gasteiger partial charge in [0.15, 0.2) is 0 Å². The van der Waals surface area contributed by atoms with Gasteiger partial charge in [-0.25, -0.2) is 4.98 Å². The molecule has 0 fully saturated rings. The number of carbonyl (C=O) groups is 1. The number of benzene rings is 1. The van der Waals surface area contributed by atoms with Gasteiger partial charge in [0.1, 0.15) is 12.7 Å². The standard InChI is InChI=1S/C15H17N5O/c1-12-9-14(5-4-13(12)3-2-7-16)19-15(21)6-8-20-11-17-10-18-20/h4-5,9-11H,6-8,16H2,1H3,(H,19,21). The second-order valence-electron chi connectivity index (χ2n) is 4.49. The largest absolute Gasteiger partial charge is 0.326 e. The van der Waals surface area contributed by atoms with Gasteiger partial charge in [-0.05, 0) is 30.7 Å². The molecular weight excluding hydrogens is 266 g/mol. The summed E-state index contributed by atoms with van der Waals surface area (Å²) in [4.78, 5) is 15.7. The van der Waals surface area contributed by atoms with Gasteiger partial charge in [-0.3, -0.25) is 9.48 Å². The first kappa shape index (κ1) is 14.8. The molecule has 0 aliphatic rings. The molecule has 2 rings (SSSR count). The summed E-state index contributed by atoms with van der Waals surface area (Å²) in [5.74, 6) is 5.74. The summed E-state index contributed by atoms with van der Waals surface area (Å²) in [6.07, 6.45) is 3.38. The SMILES string of the molecule is Cc1cc(NC(=O)CCn2cncn2)ccc1C#CCN. The topological polar surface area (TPSA) is 85.8 Å². The van der Waals surface area contributed by atoms with Gasteiger partial charge in [0.25, 0.3) is 0 Å². The monoisotopic (exact) mass is 283 g/mol. The molecule has 0 atom stereocenters. The van der Waals surface area contributed by atoms with E-state index in [0.717, 1.165) is 16.8 Å². The highest BCUT2D eigenvalue weighted by atomic mass is 16.1. The van der Waals surface area contributed by atoms with Gasteiger partial charge in [0.2, 0.25) is 5.91 Å². The van der Waals surface area contributed by atoms with Crippen LogP contribution in [0.2, 0.25) is 0 Å². The Morgan fingerprint density at radius 3 is 3.00 bits per heavy atom. The fraction of sp³-hybridized carbons (Fsp3) is 0.267. The molecule has 1 aromatic carbocycles. The second kappa shape index (κ2) is 7.22. The van der Waals surface area contributed by atoms with E-state index in [-0.39, 0.29) is 5.91 Å². The fourth-order valence-corrected chi connectivity index (χ4v) is 1.82. The highest BCUT2D eigenvalue weighted by molar-refractivity contribution is 5.90. The van der Waals surface area contributed by atoms with Crippen molar-refractivity contribution in [1.29, 1.82) is 0 Å². The van der Waals surface area contributed by atoms with E-state index in [4.69, 9.17) is 5.73 Å². The maximum absolute atomic E-state index is 11.9.